The van der Waals surface area contributed by atoms with Crippen molar-refractivity contribution in [3.63, 3.8) is 0 Å². The number of aryl methyl sites for hydroxylation is 1. The molecule has 0 aliphatic carbocycles. The summed E-state index contributed by atoms with van der Waals surface area (Å²) in [5.41, 5.74) is 7.19. The van der Waals surface area contributed by atoms with Crippen LogP contribution in [0.3, 0.4) is 0 Å². The second-order valence-electron chi connectivity index (χ2n) is 4.66. The molecule has 0 bridgehead atoms. The summed E-state index contributed by atoms with van der Waals surface area (Å²) in [5, 5.41) is 0. The number of nitrogens with zero attached hydrogens (tertiary/aromatic N) is 2. The van der Waals surface area contributed by atoms with E-state index in [0.29, 0.717) is 18.2 Å². The lowest BCUT2D eigenvalue weighted by molar-refractivity contribution is 0.0671. The van der Waals surface area contributed by atoms with Crippen LogP contribution in [-0.2, 0) is 0 Å². The van der Waals surface area contributed by atoms with E-state index < -0.39 is 0 Å². The molecule has 1 aromatic heterocycles. The molecule has 1 unspecified atom stereocenters. The number of amides is 1. The predicted molar refractivity (Wildman–Crippen MR) is 81.2 cm³/mol. The fourth-order valence-electron chi connectivity index (χ4n) is 2.30. The van der Waals surface area contributed by atoms with Crippen LogP contribution in [0.25, 0.3) is 0 Å². The molecular formula is C13H21Cl2N3O. The SMILES string of the molecule is Cc1cccnc1C(=O)N1CCCC(CN)C1.Cl.Cl. The van der Waals surface area contributed by atoms with Gasteiger partial charge in [0.15, 0.2) is 0 Å². The summed E-state index contributed by atoms with van der Waals surface area (Å²) in [6, 6.07) is 3.77. The van der Waals surface area contributed by atoms with Gasteiger partial charge in [0.1, 0.15) is 5.69 Å². The Balaban J connectivity index is 0.00000162. The Kier molecular flexibility index (Phi) is 7.99. The van der Waals surface area contributed by atoms with Crippen molar-refractivity contribution < 1.29 is 4.79 Å². The third-order valence-corrected chi connectivity index (χ3v) is 3.35. The number of nitrogens with two attached hydrogens (primary N) is 1. The van der Waals surface area contributed by atoms with E-state index in [1.807, 2.05) is 24.0 Å². The smallest absolute Gasteiger partial charge is 0.272 e. The van der Waals surface area contributed by atoms with Crippen molar-refractivity contribution in [3.8, 4) is 0 Å². The first-order chi connectivity index (χ1) is 8.22. The molecule has 1 saturated heterocycles. The second-order valence-corrected chi connectivity index (χ2v) is 4.66. The second kappa shape index (κ2) is 8.35. The summed E-state index contributed by atoms with van der Waals surface area (Å²) >= 11 is 0. The number of aromatic nitrogens is 1. The van der Waals surface area contributed by atoms with E-state index in [2.05, 4.69) is 4.98 Å². The van der Waals surface area contributed by atoms with Crippen LogP contribution in [0.15, 0.2) is 18.3 Å². The van der Waals surface area contributed by atoms with Gasteiger partial charge >= 0.3 is 0 Å². The average Bonchev–Trinajstić information content (AvgIpc) is 2.38. The zero-order chi connectivity index (χ0) is 12.3. The fraction of sp³-hybridized carbons (Fsp3) is 0.538. The molecule has 1 atom stereocenters. The number of hydrogen-bond donors (Lipinski definition) is 1. The summed E-state index contributed by atoms with van der Waals surface area (Å²) in [7, 11) is 0. The maximum absolute atomic E-state index is 12.3. The molecule has 4 nitrogen and oxygen atoms in total. The van der Waals surface area contributed by atoms with Gasteiger partial charge in [0, 0.05) is 19.3 Å². The van der Waals surface area contributed by atoms with E-state index >= 15 is 0 Å². The molecule has 1 aromatic rings. The highest BCUT2D eigenvalue weighted by molar-refractivity contribution is 5.93. The Labute approximate surface area is 126 Å². The summed E-state index contributed by atoms with van der Waals surface area (Å²) in [4.78, 5) is 18.4. The Bertz CT molecular complexity index is 415. The van der Waals surface area contributed by atoms with Crippen LogP contribution >= 0.6 is 24.8 Å². The third kappa shape index (κ3) is 4.34. The zero-order valence-electron chi connectivity index (χ0n) is 11.0. The van der Waals surface area contributed by atoms with Crippen LogP contribution in [0.5, 0.6) is 0 Å². The van der Waals surface area contributed by atoms with Crippen molar-refractivity contribution >= 4 is 30.7 Å². The molecule has 2 rings (SSSR count). The van der Waals surface area contributed by atoms with Crippen molar-refractivity contribution in [1.82, 2.24) is 9.88 Å². The summed E-state index contributed by atoms with van der Waals surface area (Å²) in [6.07, 6.45) is 3.84. The normalized spacial score (nSPS) is 18.2. The van der Waals surface area contributed by atoms with Gasteiger partial charge in [0.25, 0.3) is 5.91 Å². The number of hydrogen-bond acceptors (Lipinski definition) is 3. The Hall–Kier alpha value is -0.840. The molecule has 6 heteroatoms. The van der Waals surface area contributed by atoms with E-state index in [9.17, 15) is 4.79 Å². The maximum Gasteiger partial charge on any atom is 0.272 e. The van der Waals surface area contributed by atoms with Gasteiger partial charge in [0.05, 0.1) is 0 Å². The summed E-state index contributed by atoms with van der Waals surface area (Å²) in [6.45, 7) is 4.17. The fourth-order valence-corrected chi connectivity index (χ4v) is 2.30. The molecule has 1 aliphatic heterocycles. The number of piperidine rings is 1. The largest absolute Gasteiger partial charge is 0.337 e. The minimum Gasteiger partial charge on any atom is -0.337 e. The monoisotopic (exact) mass is 305 g/mol. The molecular weight excluding hydrogens is 285 g/mol. The molecule has 1 aliphatic rings. The zero-order valence-corrected chi connectivity index (χ0v) is 12.7. The first-order valence-corrected chi connectivity index (χ1v) is 6.13. The Morgan fingerprint density at radius 3 is 2.89 bits per heavy atom. The van der Waals surface area contributed by atoms with Crippen LogP contribution in [0.2, 0.25) is 0 Å². The summed E-state index contributed by atoms with van der Waals surface area (Å²) < 4.78 is 0. The lowest BCUT2D eigenvalue weighted by atomic mass is 9.98. The van der Waals surface area contributed by atoms with Crippen molar-refractivity contribution in [2.75, 3.05) is 19.6 Å². The molecule has 0 radical (unpaired) electrons. The van der Waals surface area contributed by atoms with Gasteiger partial charge in [-0.3, -0.25) is 9.78 Å². The first-order valence-electron chi connectivity index (χ1n) is 6.13. The molecule has 0 aromatic carbocycles. The highest BCUT2D eigenvalue weighted by atomic mass is 35.5. The van der Waals surface area contributed by atoms with E-state index in [1.165, 1.54) is 0 Å². The average molecular weight is 306 g/mol. The standard InChI is InChI=1S/C13H19N3O.2ClH/c1-10-4-2-6-15-12(10)13(17)16-7-3-5-11(8-14)9-16;;/h2,4,6,11H,3,5,7-9,14H2,1H3;2*1H. The lowest BCUT2D eigenvalue weighted by Gasteiger charge is -2.32. The van der Waals surface area contributed by atoms with Crippen molar-refractivity contribution in [2.24, 2.45) is 11.7 Å². The van der Waals surface area contributed by atoms with Gasteiger partial charge < -0.3 is 10.6 Å². The van der Waals surface area contributed by atoms with Crippen LogP contribution in [0.1, 0.15) is 28.9 Å². The third-order valence-electron chi connectivity index (χ3n) is 3.35. The van der Waals surface area contributed by atoms with Gasteiger partial charge in [-0.15, -0.1) is 24.8 Å². The van der Waals surface area contributed by atoms with Crippen molar-refractivity contribution in [2.45, 2.75) is 19.8 Å². The van der Waals surface area contributed by atoms with Crippen molar-refractivity contribution in [3.05, 3.63) is 29.6 Å². The minimum atomic E-state index is 0. The molecule has 2 N–H and O–H groups in total. The van der Waals surface area contributed by atoms with Gasteiger partial charge in [0.2, 0.25) is 0 Å². The van der Waals surface area contributed by atoms with Crippen LogP contribution in [-0.4, -0.2) is 35.4 Å². The predicted octanol–water partition coefficient (Wildman–Crippen LogP) is 2.04. The molecule has 0 saturated carbocycles. The minimum absolute atomic E-state index is 0. The van der Waals surface area contributed by atoms with E-state index in [-0.39, 0.29) is 30.7 Å². The highest BCUT2D eigenvalue weighted by Crippen LogP contribution is 2.18. The number of carbonyl (C=O) groups excluding carboxylic acids is 1. The number of carbonyl (C=O) groups is 1. The first kappa shape index (κ1) is 18.2. The molecule has 19 heavy (non-hydrogen) atoms. The van der Waals surface area contributed by atoms with Gasteiger partial charge in [-0.05, 0) is 43.9 Å². The van der Waals surface area contributed by atoms with Gasteiger partial charge in [-0.2, -0.15) is 0 Å². The molecule has 108 valence electrons. The van der Waals surface area contributed by atoms with Crippen LogP contribution in [0, 0.1) is 12.8 Å². The van der Waals surface area contributed by atoms with Gasteiger partial charge in [-0.1, -0.05) is 6.07 Å². The topological polar surface area (TPSA) is 59.2 Å². The van der Waals surface area contributed by atoms with Crippen molar-refractivity contribution in [1.29, 1.82) is 0 Å². The van der Waals surface area contributed by atoms with Crippen LogP contribution in [0.4, 0.5) is 0 Å². The quantitative estimate of drug-likeness (QED) is 0.909. The maximum atomic E-state index is 12.3. The number of halogens is 2. The Morgan fingerprint density at radius 2 is 2.26 bits per heavy atom. The lowest BCUT2D eigenvalue weighted by Crippen LogP contribution is -2.42. The number of pyridine rings is 1. The number of rotatable bonds is 2. The molecule has 1 fully saturated rings. The Morgan fingerprint density at radius 1 is 1.53 bits per heavy atom. The van der Waals surface area contributed by atoms with Gasteiger partial charge in [-0.25, -0.2) is 0 Å². The molecule has 2 heterocycles. The molecule has 0 spiro atoms. The molecule has 1 amide bonds. The highest BCUT2D eigenvalue weighted by Gasteiger charge is 2.24. The van der Waals surface area contributed by atoms with E-state index in [0.717, 1.165) is 31.5 Å². The van der Waals surface area contributed by atoms with E-state index in [4.69, 9.17) is 5.73 Å². The summed E-state index contributed by atoms with van der Waals surface area (Å²) in [5.74, 6) is 0.484. The number of likely N-dealkylation sites (tertiary alicyclic amines) is 1. The van der Waals surface area contributed by atoms with E-state index in [1.54, 1.807) is 6.20 Å². The van der Waals surface area contributed by atoms with Crippen LogP contribution < -0.4 is 5.73 Å².